The highest BCUT2D eigenvalue weighted by atomic mass is 19.4. The fourth-order valence-corrected chi connectivity index (χ4v) is 3.14. The van der Waals surface area contributed by atoms with Gasteiger partial charge in [0.15, 0.2) is 0 Å². The predicted molar refractivity (Wildman–Crippen MR) is 137 cm³/mol. The van der Waals surface area contributed by atoms with E-state index >= 15 is 0 Å². The second-order valence-electron chi connectivity index (χ2n) is 10.2. The van der Waals surface area contributed by atoms with E-state index in [1.807, 2.05) is 0 Å². The van der Waals surface area contributed by atoms with E-state index < -0.39 is 35.1 Å². The molecule has 2 N–H and O–H groups in total. The van der Waals surface area contributed by atoms with E-state index in [0.717, 1.165) is 12.1 Å². The zero-order valence-electron chi connectivity index (χ0n) is 21.7. The molecular weight excluding hydrogens is 487 g/mol. The molecule has 0 saturated heterocycles. The molecule has 37 heavy (non-hydrogen) atoms. The van der Waals surface area contributed by atoms with Gasteiger partial charge in [0.1, 0.15) is 11.2 Å². The van der Waals surface area contributed by atoms with Crippen molar-refractivity contribution in [3.8, 4) is 12.3 Å². The first kappa shape index (κ1) is 29.4. The summed E-state index contributed by atoms with van der Waals surface area (Å²) >= 11 is 0. The molecule has 2 aromatic carbocycles. The summed E-state index contributed by atoms with van der Waals surface area (Å²) in [5, 5.41) is 5.23. The molecule has 0 fully saturated rings. The Morgan fingerprint density at radius 3 is 1.84 bits per heavy atom. The first-order valence-corrected chi connectivity index (χ1v) is 11.5. The van der Waals surface area contributed by atoms with Crippen LogP contribution >= 0.6 is 0 Å². The third kappa shape index (κ3) is 9.95. The van der Waals surface area contributed by atoms with Crippen molar-refractivity contribution in [1.29, 1.82) is 0 Å². The van der Waals surface area contributed by atoms with Gasteiger partial charge >= 0.3 is 18.4 Å². The standard InChI is InChI=1S/C27H32F3N3O4/c1-8-15-33(17-18-9-11-19(12-10-18)27(28,29)30)20-13-14-21(31-23(34)36-25(2,3)4)22(16-20)32-24(35)37-26(5,6)7/h1,9-14,16H,15,17H2,2-7H3,(H,31,34)(H,32,35). The highest BCUT2D eigenvalue weighted by molar-refractivity contribution is 5.96. The molecule has 2 amide bonds. The number of benzene rings is 2. The largest absolute Gasteiger partial charge is 0.444 e. The van der Waals surface area contributed by atoms with Crippen molar-refractivity contribution < 1.29 is 32.2 Å². The van der Waals surface area contributed by atoms with E-state index in [-0.39, 0.29) is 24.5 Å². The van der Waals surface area contributed by atoms with Crippen LogP contribution in [0.1, 0.15) is 52.7 Å². The number of carbonyl (C=O) groups excluding carboxylic acids is 2. The van der Waals surface area contributed by atoms with Crippen LogP contribution in [0.3, 0.4) is 0 Å². The van der Waals surface area contributed by atoms with E-state index in [1.165, 1.54) is 12.1 Å². The van der Waals surface area contributed by atoms with E-state index in [1.54, 1.807) is 64.6 Å². The average Bonchev–Trinajstić information content (AvgIpc) is 2.71. The number of hydrogen-bond acceptors (Lipinski definition) is 5. The molecule has 0 aliphatic rings. The Morgan fingerprint density at radius 2 is 1.38 bits per heavy atom. The van der Waals surface area contributed by atoms with E-state index in [9.17, 15) is 22.8 Å². The topological polar surface area (TPSA) is 79.9 Å². The summed E-state index contributed by atoms with van der Waals surface area (Å²) < 4.78 is 49.4. The highest BCUT2D eigenvalue weighted by Gasteiger charge is 2.30. The Hall–Kier alpha value is -3.87. The normalized spacial score (nSPS) is 11.8. The van der Waals surface area contributed by atoms with Crippen molar-refractivity contribution in [2.75, 3.05) is 22.1 Å². The average molecular weight is 520 g/mol. The van der Waals surface area contributed by atoms with Crippen molar-refractivity contribution in [3.05, 3.63) is 53.6 Å². The fraction of sp³-hybridized carbons (Fsp3) is 0.407. The third-order valence-corrected chi connectivity index (χ3v) is 4.58. The van der Waals surface area contributed by atoms with Crippen LogP contribution in [0.15, 0.2) is 42.5 Å². The Kier molecular flexibility index (Phi) is 9.09. The molecule has 0 atom stereocenters. The maximum Gasteiger partial charge on any atom is 0.416 e. The second kappa shape index (κ2) is 11.5. The minimum atomic E-state index is -4.43. The number of terminal acetylenes is 1. The molecule has 0 heterocycles. The lowest BCUT2D eigenvalue weighted by Gasteiger charge is -2.26. The summed E-state index contributed by atoms with van der Waals surface area (Å²) in [4.78, 5) is 26.6. The summed E-state index contributed by atoms with van der Waals surface area (Å²) in [5.74, 6) is 2.53. The monoisotopic (exact) mass is 519 g/mol. The molecule has 0 spiro atoms. The molecule has 7 nitrogen and oxygen atoms in total. The van der Waals surface area contributed by atoms with Crippen molar-refractivity contribution in [2.24, 2.45) is 0 Å². The summed E-state index contributed by atoms with van der Waals surface area (Å²) in [5.41, 5.74) is -0.640. The molecule has 0 aliphatic heterocycles. The van der Waals surface area contributed by atoms with Crippen molar-refractivity contribution >= 4 is 29.2 Å². The third-order valence-electron chi connectivity index (χ3n) is 4.58. The summed E-state index contributed by atoms with van der Waals surface area (Å²) in [6, 6.07) is 9.57. The summed E-state index contributed by atoms with van der Waals surface area (Å²) in [6.45, 7) is 10.6. The molecule has 2 rings (SSSR count). The molecule has 0 saturated carbocycles. The number of alkyl halides is 3. The number of amides is 2. The van der Waals surface area contributed by atoms with Crippen LogP contribution in [0.25, 0.3) is 0 Å². The van der Waals surface area contributed by atoms with E-state index in [0.29, 0.717) is 11.3 Å². The lowest BCUT2D eigenvalue weighted by molar-refractivity contribution is -0.137. The molecule has 200 valence electrons. The lowest BCUT2D eigenvalue weighted by Crippen LogP contribution is -2.29. The maximum atomic E-state index is 12.9. The molecule has 10 heteroatoms. The minimum absolute atomic E-state index is 0.131. The Bertz CT molecular complexity index is 1140. The number of halogens is 3. The first-order valence-electron chi connectivity index (χ1n) is 11.5. The molecule has 0 radical (unpaired) electrons. The number of rotatable bonds is 6. The quantitative estimate of drug-likeness (QED) is 0.400. The van der Waals surface area contributed by atoms with E-state index in [4.69, 9.17) is 15.9 Å². The summed E-state index contributed by atoms with van der Waals surface area (Å²) in [6.07, 6.45) is -0.365. The van der Waals surface area contributed by atoms with Crippen LogP contribution in [-0.2, 0) is 22.2 Å². The number of nitrogens with one attached hydrogen (secondary N) is 2. The zero-order chi connectivity index (χ0) is 28.0. The molecule has 0 unspecified atom stereocenters. The van der Waals surface area contributed by atoms with Gasteiger partial charge in [-0.15, -0.1) is 6.42 Å². The van der Waals surface area contributed by atoms with E-state index in [2.05, 4.69) is 16.6 Å². The van der Waals surface area contributed by atoms with Crippen LogP contribution in [0.2, 0.25) is 0 Å². The smallest absolute Gasteiger partial charge is 0.416 e. The van der Waals surface area contributed by atoms with Gasteiger partial charge in [-0.1, -0.05) is 18.1 Å². The summed E-state index contributed by atoms with van der Waals surface area (Å²) in [7, 11) is 0. The van der Waals surface area contributed by atoms with Crippen LogP contribution in [0.5, 0.6) is 0 Å². The van der Waals surface area contributed by atoms with Crippen molar-refractivity contribution in [2.45, 2.75) is 65.5 Å². The minimum Gasteiger partial charge on any atom is -0.444 e. The lowest BCUT2D eigenvalue weighted by atomic mass is 10.1. The Morgan fingerprint density at radius 1 is 0.865 bits per heavy atom. The van der Waals surface area contributed by atoms with Crippen LogP contribution < -0.4 is 15.5 Å². The molecule has 0 aliphatic carbocycles. The fourth-order valence-electron chi connectivity index (χ4n) is 3.14. The maximum absolute atomic E-state index is 12.9. The van der Waals surface area contributed by atoms with Gasteiger partial charge in [0.25, 0.3) is 0 Å². The van der Waals surface area contributed by atoms with Crippen molar-refractivity contribution in [1.82, 2.24) is 0 Å². The van der Waals surface area contributed by atoms with Gasteiger partial charge in [0.2, 0.25) is 0 Å². The van der Waals surface area contributed by atoms with Gasteiger partial charge in [-0.05, 0) is 77.4 Å². The molecule has 2 aromatic rings. The molecule has 0 bridgehead atoms. The zero-order valence-corrected chi connectivity index (χ0v) is 21.7. The molecular formula is C27H32F3N3O4. The molecule has 0 aromatic heterocycles. The van der Waals surface area contributed by atoms with Gasteiger partial charge < -0.3 is 14.4 Å². The number of carbonyl (C=O) groups is 2. The van der Waals surface area contributed by atoms with Gasteiger partial charge in [-0.3, -0.25) is 10.6 Å². The van der Waals surface area contributed by atoms with Crippen molar-refractivity contribution in [3.63, 3.8) is 0 Å². The van der Waals surface area contributed by atoms with Crippen LogP contribution in [-0.4, -0.2) is 29.9 Å². The number of hydrogen-bond donors (Lipinski definition) is 2. The van der Waals surface area contributed by atoms with Gasteiger partial charge in [0, 0.05) is 12.2 Å². The van der Waals surface area contributed by atoms with Gasteiger partial charge in [-0.2, -0.15) is 13.2 Å². The van der Waals surface area contributed by atoms with Crippen LogP contribution in [0, 0.1) is 12.3 Å². The highest BCUT2D eigenvalue weighted by Crippen LogP contribution is 2.32. The Labute approximate surface area is 215 Å². The number of anilines is 3. The number of nitrogens with zero attached hydrogens (tertiary/aromatic N) is 1. The van der Waals surface area contributed by atoms with Gasteiger partial charge in [-0.25, -0.2) is 9.59 Å². The van der Waals surface area contributed by atoms with Gasteiger partial charge in [0.05, 0.1) is 23.5 Å². The first-order chi connectivity index (χ1) is 17.0. The Balaban J connectivity index is 2.38. The van der Waals surface area contributed by atoms with Crippen LogP contribution in [0.4, 0.5) is 39.8 Å². The SMILES string of the molecule is C#CCN(Cc1ccc(C(F)(F)F)cc1)c1ccc(NC(=O)OC(C)(C)C)c(NC(=O)OC(C)(C)C)c1. The number of ether oxygens (including phenoxy) is 2. The second-order valence-corrected chi connectivity index (χ2v) is 10.2. The predicted octanol–water partition coefficient (Wildman–Crippen LogP) is 7.04.